The van der Waals surface area contributed by atoms with E-state index in [1.54, 1.807) is 6.92 Å². The van der Waals surface area contributed by atoms with Crippen molar-refractivity contribution in [3.05, 3.63) is 30.3 Å². The molecule has 0 aromatic heterocycles. The van der Waals surface area contributed by atoms with Crippen LogP contribution in [0.2, 0.25) is 0 Å². The topological polar surface area (TPSA) is 67.8 Å². The minimum atomic E-state index is -0.208. The van der Waals surface area contributed by atoms with Crippen molar-refractivity contribution in [3.63, 3.8) is 0 Å². The number of aliphatic hydroxyl groups excluding tert-OH is 1. The molecule has 1 aromatic carbocycles. The fourth-order valence-corrected chi connectivity index (χ4v) is 2.69. The Balaban J connectivity index is 1.57. The molecule has 0 spiro atoms. The monoisotopic (exact) mass is 320 g/mol. The Labute approximate surface area is 138 Å². The molecule has 6 nitrogen and oxygen atoms in total. The summed E-state index contributed by atoms with van der Waals surface area (Å²) in [6.45, 7) is 7.59. The Morgan fingerprint density at radius 1 is 1.22 bits per heavy atom. The first kappa shape index (κ1) is 17.6. The Bertz CT molecular complexity index is 461. The van der Waals surface area contributed by atoms with Gasteiger partial charge in [0, 0.05) is 38.4 Å². The van der Waals surface area contributed by atoms with Gasteiger partial charge in [-0.25, -0.2) is 4.79 Å². The molecular weight excluding hydrogens is 292 g/mol. The van der Waals surface area contributed by atoms with Crippen molar-refractivity contribution in [2.75, 3.05) is 50.8 Å². The van der Waals surface area contributed by atoms with E-state index in [1.165, 1.54) is 5.69 Å². The third-order valence-electron chi connectivity index (χ3n) is 4.08. The lowest BCUT2D eigenvalue weighted by molar-refractivity contribution is 0.218. The number of piperazine rings is 1. The largest absolute Gasteiger partial charge is 0.394 e. The fraction of sp³-hybridized carbons (Fsp3) is 0.588. The summed E-state index contributed by atoms with van der Waals surface area (Å²) >= 11 is 0. The van der Waals surface area contributed by atoms with Gasteiger partial charge in [0.1, 0.15) is 0 Å². The zero-order valence-corrected chi connectivity index (χ0v) is 13.9. The van der Waals surface area contributed by atoms with Gasteiger partial charge in [-0.15, -0.1) is 0 Å². The van der Waals surface area contributed by atoms with E-state index in [9.17, 15) is 4.79 Å². The van der Waals surface area contributed by atoms with Crippen molar-refractivity contribution in [2.45, 2.75) is 19.4 Å². The highest BCUT2D eigenvalue weighted by atomic mass is 16.3. The molecule has 6 heteroatoms. The number of benzene rings is 1. The van der Waals surface area contributed by atoms with Crippen LogP contribution in [-0.4, -0.2) is 68.0 Å². The zero-order chi connectivity index (χ0) is 16.5. The normalized spacial score (nSPS) is 16.9. The average molecular weight is 320 g/mol. The Morgan fingerprint density at radius 3 is 2.57 bits per heavy atom. The SMILES string of the molecule is CC(CO)NC(=O)NCCCN1CCN(c2ccccc2)CC1. The summed E-state index contributed by atoms with van der Waals surface area (Å²) in [6.07, 6.45) is 0.937. The highest BCUT2D eigenvalue weighted by Crippen LogP contribution is 2.15. The maximum atomic E-state index is 11.5. The van der Waals surface area contributed by atoms with Crippen LogP contribution in [0.25, 0.3) is 0 Å². The molecule has 0 bridgehead atoms. The lowest BCUT2D eigenvalue weighted by Gasteiger charge is -2.36. The first-order chi connectivity index (χ1) is 11.2. The smallest absolute Gasteiger partial charge is 0.315 e. The number of nitrogens with one attached hydrogen (secondary N) is 2. The van der Waals surface area contributed by atoms with Crippen LogP contribution in [0.1, 0.15) is 13.3 Å². The van der Waals surface area contributed by atoms with Crippen LogP contribution in [0.3, 0.4) is 0 Å². The van der Waals surface area contributed by atoms with Gasteiger partial charge in [-0.3, -0.25) is 4.90 Å². The molecule has 128 valence electrons. The molecule has 23 heavy (non-hydrogen) atoms. The van der Waals surface area contributed by atoms with Gasteiger partial charge >= 0.3 is 6.03 Å². The second-order valence-corrected chi connectivity index (χ2v) is 6.00. The van der Waals surface area contributed by atoms with E-state index in [2.05, 4.69) is 44.7 Å². The number of urea groups is 1. The summed E-state index contributed by atoms with van der Waals surface area (Å²) in [5, 5.41) is 14.4. The number of anilines is 1. The van der Waals surface area contributed by atoms with Gasteiger partial charge in [0.2, 0.25) is 0 Å². The Morgan fingerprint density at radius 2 is 1.91 bits per heavy atom. The lowest BCUT2D eigenvalue weighted by Crippen LogP contribution is -2.47. The van der Waals surface area contributed by atoms with E-state index in [0.29, 0.717) is 6.54 Å². The third kappa shape index (κ3) is 6.08. The maximum Gasteiger partial charge on any atom is 0.315 e. The highest BCUT2D eigenvalue weighted by Gasteiger charge is 2.16. The van der Waals surface area contributed by atoms with Gasteiger partial charge < -0.3 is 20.6 Å². The second kappa shape index (κ2) is 9.37. The number of rotatable bonds is 7. The Kier molecular flexibility index (Phi) is 7.16. The van der Waals surface area contributed by atoms with Gasteiger partial charge in [-0.05, 0) is 32.0 Å². The first-order valence-electron chi connectivity index (χ1n) is 8.36. The molecule has 2 rings (SSSR count). The summed E-state index contributed by atoms with van der Waals surface area (Å²) < 4.78 is 0. The third-order valence-corrected chi connectivity index (χ3v) is 4.08. The van der Waals surface area contributed by atoms with E-state index in [1.807, 2.05) is 6.07 Å². The average Bonchev–Trinajstić information content (AvgIpc) is 2.60. The summed E-state index contributed by atoms with van der Waals surface area (Å²) in [6, 6.07) is 10.1. The number of hydrogen-bond acceptors (Lipinski definition) is 4. The molecule has 1 atom stereocenters. The van der Waals surface area contributed by atoms with Gasteiger partial charge in [-0.1, -0.05) is 18.2 Å². The minimum Gasteiger partial charge on any atom is -0.394 e. The van der Waals surface area contributed by atoms with Crippen molar-refractivity contribution in [1.82, 2.24) is 15.5 Å². The van der Waals surface area contributed by atoms with Crippen LogP contribution < -0.4 is 15.5 Å². The number of carbonyl (C=O) groups is 1. The summed E-state index contributed by atoms with van der Waals surface area (Å²) in [5.41, 5.74) is 1.29. The van der Waals surface area contributed by atoms with Crippen molar-refractivity contribution < 1.29 is 9.90 Å². The van der Waals surface area contributed by atoms with Gasteiger partial charge in [0.15, 0.2) is 0 Å². The molecule has 1 unspecified atom stereocenters. The van der Waals surface area contributed by atoms with Crippen LogP contribution in [-0.2, 0) is 0 Å². The molecule has 1 aliphatic rings. The molecule has 0 aliphatic carbocycles. The van der Waals surface area contributed by atoms with Gasteiger partial charge in [0.05, 0.1) is 12.6 Å². The van der Waals surface area contributed by atoms with Crippen molar-refractivity contribution in [1.29, 1.82) is 0 Å². The molecule has 1 heterocycles. The molecule has 1 aliphatic heterocycles. The maximum absolute atomic E-state index is 11.5. The molecule has 2 amide bonds. The Hall–Kier alpha value is -1.79. The summed E-state index contributed by atoms with van der Waals surface area (Å²) in [4.78, 5) is 16.4. The molecular formula is C17H28N4O2. The molecule has 1 saturated heterocycles. The number of para-hydroxylation sites is 1. The molecule has 1 aromatic rings. The number of hydrogen-bond donors (Lipinski definition) is 3. The molecule has 0 radical (unpaired) electrons. The first-order valence-corrected chi connectivity index (χ1v) is 8.36. The van der Waals surface area contributed by atoms with Crippen LogP contribution in [0.4, 0.5) is 10.5 Å². The van der Waals surface area contributed by atoms with E-state index in [-0.39, 0.29) is 18.7 Å². The highest BCUT2D eigenvalue weighted by molar-refractivity contribution is 5.74. The van der Waals surface area contributed by atoms with E-state index in [4.69, 9.17) is 5.11 Å². The van der Waals surface area contributed by atoms with Crippen LogP contribution in [0.15, 0.2) is 30.3 Å². The number of amides is 2. The quantitative estimate of drug-likeness (QED) is 0.653. The standard InChI is InChI=1S/C17H28N4O2/c1-15(14-22)19-17(23)18-8-5-9-20-10-12-21(13-11-20)16-6-3-2-4-7-16/h2-4,6-7,15,22H,5,8-14H2,1H3,(H2,18,19,23). The van der Waals surface area contributed by atoms with Crippen LogP contribution >= 0.6 is 0 Å². The fourth-order valence-electron chi connectivity index (χ4n) is 2.69. The summed E-state index contributed by atoms with van der Waals surface area (Å²) in [7, 11) is 0. The van der Waals surface area contributed by atoms with E-state index < -0.39 is 0 Å². The molecule has 0 saturated carbocycles. The zero-order valence-electron chi connectivity index (χ0n) is 13.9. The minimum absolute atomic E-state index is 0.0425. The number of carbonyl (C=O) groups excluding carboxylic acids is 1. The van der Waals surface area contributed by atoms with Gasteiger partial charge in [0.25, 0.3) is 0 Å². The molecule has 1 fully saturated rings. The van der Waals surface area contributed by atoms with E-state index in [0.717, 1.165) is 39.1 Å². The number of nitrogens with zero attached hydrogens (tertiary/aromatic N) is 2. The van der Waals surface area contributed by atoms with Crippen LogP contribution in [0, 0.1) is 0 Å². The predicted octanol–water partition coefficient (Wildman–Crippen LogP) is 0.879. The van der Waals surface area contributed by atoms with Crippen molar-refractivity contribution >= 4 is 11.7 Å². The van der Waals surface area contributed by atoms with Crippen molar-refractivity contribution in [2.24, 2.45) is 0 Å². The van der Waals surface area contributed by atoms with Crippen LogP contribution in [0.5, 0.6) is 0 Å². The second-order valence-electron chi connectivity index (χ2n) is 6.00. The molecule has 3 N–H and O–H groups in total. The van der Waals surface area contributed by atoms with E-state index >= 15 is 0 Å². The summed E-state index contributed by atoms with van der Waals surface area (Å²) in [5.74, 6) is 0. The van der Waals surface area contributed by atoms with Crippen molar-refractivity contribution in [3.8, 4) is 0 Å². The number of aliphatic hydroxyl groups is 1. The van der Waals surface area contributed by atoms with Gasteiger partial charge in [-0.2, -0.15) is 0 Å². The lowest BCUT2D eigenvalue weighted by atomic mass is 10.2. The predicted molar refractivity (Wildman–Crippen MR) is 92.8 cm³/mol.